The summed E-state index contributed by atoms with van der Waals surface area (Å²) in [6.45, 7) is 1.58. The molecule has 32 heavy (non-hydrogen) atoms. The van der Waals surface area contributed by atoms with Crippen LogP contribution < -0.4 is 10.9 Å². The molecule has 8 nitrogen and oxygen atoms in total. The van der Waals surface area contributed by atoms with Gasteiger partial charge in [0.1, 0.15) is 4.83 Å². The van der Waals surface area contributed by atoms with E-state index in [-0.39, 0.29) is 22.9 Å². The number of nitro benzene ring substituents is 1. The highest BCUT2D eigenvalue weighted by Gasteiger charge is 2.17. The van der Waals surface area contributed by atoms with E-state index in [0.717, 1.165) is 22.2 Å². The molecule has 0 atom stereocenters. The highest BCUT2D eigenvalue weighted by atomic mass is 32.2. The van der Waals surface area contributed by atoms with Gasteiger partial charge in [-0.3, -0.25) is 24.3 Å². The van der Waals surface area contributed by atoms with Gasteiger partial charge in [-0.15, -0.1) is 11.3 Å². The number of anilines is 1. The molecule has 1 N–H and O–H groups in total. The summed E-state index contributed by atoms with van der Waals surface area (Å²) in [7, 11) is 1.62. The minimum atomic E-state index is -0.487. The molecule has 0 aliphatic carbocycles. The molecule has 4 rings (SSSR count). The number of amides is 1. The van der Waals surface area contributed by atoms with Crippen LogP contribution in [0, 0.1) is 17.0 Å². The minimum Gasteiger partial charge on any atom is -0.325 e. The van der Waals surface area contributed by atoms with Gasteiger partial charge in [0.15, 0.2) is 5.16 Å². The van der Waals surface area contributed by atoms with Crippen LogP contribution in [0.3, 0.4) is 0 Å². The molecule has 4 aromatic rings. The molecule has 0 saturated heterocycles. The highest BCUT2D eigenvalue weighted by molar-refractivity contribution is 7.99. The van der Waals surface area contributed by atoms with Crippen molar-refractivity contribution in [3.05, 3.63) is 80.6 Å². The van der Waals surface area contributed by atoms with E-state index in [2.05, 4.69) is 10.3 Å². The van der Waals surface area contributed by atoms with Crippen LogP contribution in [0.15, 0.2) is 64.5 Å². The molecular formula is C22H18N4O4S2. The van der Waals surface area contributed by atoms with Gasteiger partial charge in [0.2, 0.25) is 5.91 Å². The van der Waals surface area contributed by atoms with E-state index in [1.54, 1.807) is 20.0 Å². The second kappa shape index (κ2) is 8.93. The van der Waals surface area contributed by atoms with Gasteiger partial charge in [-0.25, -0.2) is 4.98 Å². The van der Waals surface area contributed by atoms with Gasteiger partial charge in [-0.05, 0) is 24.6 Å². The third kappa shape index (κ3) is 4.27. The number of rotatable bonds is 6. The second-order valence-electron chi connectivity index (χ2n) is 7.00. The Kier molecular flexibility index (Phi) is 6.06. The molecule has 0 fully saturated rings. The summed E-state index contributed by atoms with van der Waals surface area (Å²) >= 11 is 2.57. The minimum absolute atomic E-state index is 0.00480. The fourth-order valence-electron chi connectivity index (χ4n) is 3.19. The van der Waals surface area contributed by atoms with E-state index >= 15 is 0 Å². The molecule has 0 spiro atoms. The quantitative estimate of drug-likeness (QED) is 0.192. The average molecular weight is 467 g/mol. The molecular weight excluding hydrogens is 448 g/mol. The number of hydrogen-bond acceptors (Lipinski definition) is 7. The number of nitrogens with zero attached hydrogens (tertiary/aromatic N) is 3. The van der Waals surface area contributed by atoms with E-state index in [4.69, 9.17) is 0 Å². The van der Waals surface area contributed by atoms with Crippen molar-refractivity contribution in [2.45, 2.75) is 12.1 Å². The van der Waals surface area contributed by atoms with Crippen molar-refractivity contribution in [2.24, 2.45) is 7.05 Å². The van der Waals surface area contributed by atoms with Gasteiger partial charge in [0.05, 0.1) is 27.3 Å². The van der Waals surface area contributed by atoms with Crippen LogP contribution in [-0.2, 0) is 11.8 Å². The van der Waals surface area contributed by atoms with E-state index < -0.39 is 4.92 Å². The van der Waals surface area contributed by atoms with Crippen LogP contribution in [0.4, 0.5) is 11.4 Å². The lowest BCUT2D eigenvalue weighted by atomic mass is 10.1. The molecule has 0 saturated carbocycles. The Morgan fingerprint density at radius 1 is 1.22 bits per heavy atom. The first-order chi connectivity index (χ1) is 15.3. The smallest absolute Gasteiger partial charge is 0.274 e. The molecule has 0 radical (unpaired) electrons. The molecule has 2 heterocycles. The van der Waals surface area contributed by atoms with E-state index in [1.165, 1.54) is 28.0 Å². The fourth-order valence-corrected chi connectivity index (χ4v) is 5.04. The Labute approximate surface area is 191 Å². The maximum atomic E-state index is 12.8. The van der Waals surface area contributed by atoms with Crippen LogP contribution in [0.1, 0.15) is 5.56 Å². The Balaban J connectivity index is 1.54. The molecule has 0 unspecified atom stereocenters. The number of aromatic nitrogens is 2. The van der Waals surface area contributed by atoms with Gasteiger partial charge >= 0.3 is 0 Å². The number of nitrogens with one attached hydrogen (secondary N) is 1. The van der Waals surface area contributed by atoms with Gasteiger partial charge in [0, 0.05) is 18.0 Å². The standard InChI is InChI=1S/C22H18N4O4S2/c1-13-16(9-6-10-17(13)26(29)30)23-19(27)12-31-22-24-20-15(21(28)25(22)2)11-18(32-20)14-7-4-3-5-8-14/h3-11H,12H2,1-2H3,(H,23,27). The molecule has 162 valence electrons. The zero-order valence-corrected chi connectivity index (χ0v) is 18.8. The van der Waals surface area contributed by atoms with Crippen LogP contribution >= 0.6 is 23.1 Å². The molecule has 2 aromatic carbocycles. The van der Waals surface area contributed by atoms with Crippen molar-refractivity contribution in [1.82, 2.24) is 9.55 Å². The summed E-state index contributed by atoms with van der Waals surface area (Å²) in [5.41, 5.74) is 1.55. The number of fused-ring (bicyclic) bond motifs is 1. The predicted octanol–water partition coefficient (Wildman–Crippen LogP) is 4.61. The lowest BCUT2D eigenvalue weighted by Crippen LogP contribution is -2.21. The molecule has 0 aliphatic heterocycles. The van der Waals surface area contributed by atoms with Gasteiger partial charge in [-0.1, -0.05) is 48.2 Å². The molecule has 0 aliphatic rings. The summed E-state index contributed by atoms with van der Waals surface area (Å²) in [4.78, 5) is 42.0. The molecule has 2 aromatic heterocycles. The summed E-state index contributed by atoms with van der Waals surface area (Å²) in [6, 6.07) is 16.1. The van der Waals surface area contributed by atoms with Gasteiger partial charge < -0.3 is 5.32 Å². The van der Waals surface area contributed by atoms with Crippen molar-refractivity contribution in [2.75, 3.05) is 11.1 Å². The first-order valence-electron chi connectivity index (χ1n) is 9.58. The topological polar surface area (TPSA) is 107 Å². The predicted molar refractivity (Wildman–Crippen MR) is 127 cm³/mol. The van der Waals surface area contributed by atoms with E-state index in [9.17, 15) is 19.7 Å². The zero-order valence-electron chi connectivity index (χ0n) is 17.2. The Morgan fingerprint density at radius 2 is 1.97 bits per heavy atom. The third-order valence-electron chi connectivity index (χ3n) is 4.90. The van der Waals surface area contributed by atoms with E-state index in [0.29, 0.717) is 26.6 Å². The molecule has 1 amide bonds. The number of thioether (sulfide) groups is 1. The number of nitro groups is 1. The third-order valence-corrected chi connectivity index (χ3v) is 7.01. The SMILES string of the molecule is Cc1c(NC(=O)CSc2nc3sc(-c4ccccc4)cc3c(=O)n2C)cccc1[N+](=O)[O-]. The number of carbonyl (C=O) groups is 1. The number of hydrogen-bond donors (Lipinski definition) is 1. The summed E-state index contributed by atoms with van der Waals surface area (Å²) in [5.74, 6) is -0.339. The largest absolute Gasteiger partial charge is 0.325 e. The lowest BCUT2D eigenvalue weighted by molar-refractivity contribution is -0.385. The van der Waals surface area contributed by atoms with Crippen molar-refractivity contribution in [3.8, 4) is 10.4 Å². The van der Waals surface area contributed by atoms with Crippen LogP contribution in [-0.4, -0.2) is 26.1 Å². The first-order valence-corrected chi connectivity index (χ1v) is 11.4. The fraction of sp³-hybridized carbons (Fsp3) is 0.136. The van der Waals surface area contributed by atoms with E-state index in [1.807, 2.05) is 36.4 Å². The van der Waals surface area contributed by atoms with Crippen molar-refractivity contribution in [3.63, 3.8) is 0 Å². The maximum Gasteiger partial charge on any atom is 0.274 e. The Morgan fingerprint density at radius 3 is 2.69 bits per heavy atom. The number of benzene rings is 2. The normalized spacial score (nSPS) is 10.9. The summed E-state index contributed by atoms with van der Waals surface area (Å²) in [5, 5.41) is 14.7. The van der Waals surface area contributed by atoms with Gasteiger partial charge in [-0.2, -0.15) is 0 Å². The summed E-state index contributed by atoms with van der Waals surface area (Å²) in [6.07, 6.45) is 0. The van der Waals surface area contributed by atoms with Crippen LogP contribution in [0.25, 0.3) is 20.7 Å². The number of thiophene rings is 1. The average Bonchev–Trinajstić information content (AvgIpc) is 3.21. The van der Waals surface area contributed by atoms with Crippen LogP contribution in [0.2, 0.25) is 0 Å². The molecule has 0 bridgehead atoms. The van der Waals surface area contributed by atoms with Gasteiger partial charge in [0.25, 0.3) is 11.2 Å². The highest BCUT2D eigenvalue weighted by Crippen LogP contribution is 2.32. The zero-order chi connectivity index (χ0) is 22.8. The van der Waals surface area contributed by atoms with Crippen molar-refractivity contribution in [1.29, 1.82) is 0 Å². The van der Waals surface area contributed by atoms with Crippen molar-refractivity contribution < 1.29 is 9.72 Å². The number of carbonyl (C=O) groups excluding carboxylic acids is 1. The monoisotopic (exact) mass is 466 g/mol. The summed E-state index contributed by atoms with van der Waals surface area (Å²) < 4.78 is 1.43. The second-order valence-corrected chi connectivity index (χ2v) is 8.97. The maximum absolute atomic E-state index is 12.8. The molecule has 10 heteroatoms. The first kappa shape index (κ1) is 21.7. The van der Waals surface area contributed by atoms with Crippen LogP contribution in [0.5, 0.6) is 0 Å². The van der Waals surface area contributed by atoms with Crippen molar-refractivity contribution >= 4 is 50.6 Å². The Hall–Kier alpha value is -3.50. The lowest BCUT2D eigenvalue weighted by Gasteiger charge is -2.09. The Bertz CT molecular complexity index is 1400.